The average Bonchev–Trinajstić information content (AvgIpc) is 3.36. The number of amides is 1. The van der Waals surface area contributed by atoms with E-state index in [0.717, 1.165) is 6.08 Å². The van der Waals surface area contributed by atoms with Crippen LogP contribution in [0, 0.1) is 30.6 Å². The zero-order valence-electron chi connectivity index (χ0n) is 30.1. The Morgan fingerprint density at radius 2 is 1.67 bits per heavy atom. The molecule has 4 N–H and O–H groups in total. The number of rotatable bonds is 2. The lowest BCUT2D eigenvalue weighted by atomic mass is 9.78. The molecule has 14 heteroatoms. The SMILES string of the molecule is CO[C@H]1/C=C/O[C@@]2(C)Oc3c(C)c(O)c4c(c3C2=O)C(=[N+]=[N-])C=C(NC(=O)/C(C)=C\C=C\[C@@H](C)[C@@H](O)[C@@H](C)[C@H](O)[C@H](C)[C@H](OC(C)=O)[C@@H]1C)C4=O. The predicted octanol–water partition coefficient (Wildman–Crippen LogP) is 3.47. The summed E-state index contributed by atoms with van der Waals surface area (Å²) in [7, 11) is 1.42. The monoisotopic (exact) mass is 707 g/mol. The first-order chi connectivity index (χ1) is 23.9. The summed E-state index contributed by atoms with van der Waals surface area (Å²) in [6.45, 7) is 12.4. The van der Waals surface area contributed by atoms with Crippen molar-refractivity contribution in [3.8, 4) is 11.5 Å². The first-order valence-electron chi connectivity index (χ1n) is 16.6. The zero-order valence-corrected chi connectivity index (χ0v) is 30.1. The third kappa shape index (κ3) is 7.31. The molecule has 3 aliphatic heterocycles. The molecule has 0 radical (unpaired) electrons. The number of allylic oxidation sites excluding steroid dienone is 4. The second-order valence-corrected chi connectivity index (χ2v) is 13.5. The number of phenolic OH excluding ortho intramolecular Hbond substituents is 1. The van der Waals surface area contributed by atoms with Gasteiger partial charge in [-0.3, -0.25) is 19.2 Å². The Balaban J connectivity index is 1.86. The van der Waals surface area contributed by atoms with Gasteiger partial charge in [0.15, 0.2) is 0 Å². The number of aromatic hydroxyl groups is 1. The number of aliphatic hydroxyl groups is 2. The van der Waals surface area contributed by atoms with E-state index in [1.54, 1.807) is 39.8 Å². The van der Waals surface area contributed by atoms with Gasteiger partial charge in [-0.2, -0.15) is 4.79 Å². The van der Waals surface area contributed by atoms with Crippen molar-refractivity contribution >= 4 is 29.2 Å². The van der Waals surface area contributed by atoms with Crippen molar-refractivity contribution in [2.45, 2.75) is 85.6 Å². The Hall–Kier alpha value is -4.88. The van der Waals surface area contributed by atoms with Crippen LogP contribution < -0.4 is 10.1 Å². The molecule has 51 heavy (non-hydrogen) atoms. The van der Waals surface area contributed by atoms with E-state index >= 15 is 0 Å². The first kappa shape index (κ1) is 38.9. The van der Waals surface area contributed by atoms with Crippen LogP contribution in [0.25, 0.3) is 5.53 Å². The largest absolute Gasteiger partial charge is 0.507 e. The van der Waals surface area contributed by atoms with Crippen LogP contribution in [0.2, 0.25) is 0 Å². The fraction of sp³-hybridized carbons (Fsp3) is 0.486. The van der Waals surface area contributed by atoms with Crippen LogP contribution in [0.15, 0.2) is 47.9 Å². The molecule has 5 rings (SSSR count). The summed E-state index contributed by atoms with van der Waals surface area (Å²) in [4.78, 5) is 56.4. The Morgan fingerprint density at radius 1 is 1.00 bits per heavy atom. The van der Waals surface area contributed by atoms with Crippen LogP contribution in [0.5, 0.6) is 11.5 Å². The first-order valence-corrected chi connectivity index (χ1v) is 16.6. The van der Waals surface area contributed by atoms with Gasteiger partial charge in [0.05, 0.1) is 53.0 Å². The summed E-state index contributed by atoms with van der Waals surface area (Å²) in [5, 5.41) is 36.3. The molecule has 0 unspecified atom stereocenters. The number of Topliss-reactive ketones (excluding diaryl/α,β-unsaturated/α-hetero) is 2. The van der Waals surface area contributed by atoms with Gasteiger partial charge in [-0.1, -0.05) is 45.9 Å². The van der Waals surface area contributed by atoms with Crippen molar-refractivity contribution in [1.82, 2.24) is 5.32 Å². The molecule has 274 valence electrons. The Bertz CT molecular complexity index is 1800. The van der Waals surface area contributed by atoms with Gasteiger partial charge in [-0.25, -0.2) is 0 Å². The summed E-state index contributed by atoms with van der Waals surface area (Å²) in [5.74, 6) is -7.98. The minimum atomic E-state index is -2.02. The normalized spacial score (nSPS) is 33.9. The van der Waals surface area contributed by atoms with Gasteiger partial charge in [0.2, 0.25) is 5.78 Å². The van der Waals surface area contributed by atoms with Crippen LogP contribution >= 0.6 is 0 Å². The van der Waals surface area contributed by atoms with Gasteiger partial charge in [-0.05, 0) is 19.9 Å². The average molecular weight is 708 g/mol. The summed E-state index contributed by atoms with van der Waals surface area (Å²) in [6, 6.07) is 0. The minimum absolute atomic E-state index is 0.0315. The highest BCUT2D eigenvalue weighted by molar-refractivity contribution is 6.31. The number of phenols is 1. The van der Waals surface area contributed by atoms with Gasteiger partial charge in [-0.15, -0.1) is 0 Å². The maximum atomic E-state index is 14.0. The number of esters is 1. The van der Waals surface area contributed by atoms with E-state index in [2.05, 4.69) is 10.1 Å². The van der Waals surface area contributed by atoms with Crippen LogP contribution in [0.3, 0.4) is 0 Å². The number of aliphatic hydroxyl groups excluding tert-OH is 2. The number of ether oxygens (including phenoxy) is 4. The highest BCUT2D eigenvalue weighted by atomic mass is 16.7. The molecule has 9 atom stereocenters. The van der Waals surface area contributed by atoms with E-state index < -0.39 is 83.1 Å². The highest BCUT2D eigenvalue weighted by Crippen LogP contribution is 2.47. The number of fused-ring (bicyclic) bond motifs is 14. The molecule has 0 fully saturated rings. The quantitative estimate of drug-likeness (QED) is 0.198. The third-order valence-corrected chi connectivity index (χ3v) is 9.92. The third-order valence-electron chi connectivity index (χ3n) is 9.92. The van der Waals surface area contributed by atoms with E-state index in [1.165, 1.54) is 53.2 Å². The van der Waals surface area contributed by atoms with E-state index in [1.807, 2.05) is 0 Å². The minimum Gasteiger partial charge on any atom is -0.507 e. The maximum absolute atomic E-state index is 14.0. The molecule has 3 heterocycles. The Kier molecular flexibility index (Phi) is 11.6. The molecule has 0 saturated heterocycles. The Labute approximate surface area is 296 Å². The van der Waals surface area contributed by atoms with E-state index in [9.17, 15) is 40.0 Å². The van der Waals surface area contributed by atoms with Gasteiger partial charge in [0, 0.05) is 55.8 Å². The molecule has 1 aliphatic carbocycles. The highest BCUT2D eigenvalue weighted by Gasteiger charge is 2.52. The fourth-order valence-electron chi connectivity index (χ4n) is 6.71. The number of nitrogens with zero attached hydrogens (tertiary/aromatic N) is 2. The molecule has 0 aromatic heterocycles. The topological polar surface area (TPSA) is 214 Å². The standard InChI is InChI=1S/C37H45N3O11/c1-16-11-10-12-17(2)36(47)39-24-15-23(40-38)26-27(32(24)45)31(44)21(6)34-28(26)35(46)37(8,51-34)49-14-13-25(48-9)18(3)33(50-22(7)41)20(5)30(43)19(4)29(16)42/h10-16,18-20,25,29-30,33,42-44H,1-9H3,(H,39,47)/b11-10+,14-13+,17-12-/t16-,18-,19-,20+,25+,29-,30+,33-,37+/m1/s1. The molecule has 0 saturated carbocycles. The van der Waals surface area contributed by atoms with Gasteiger partial charge < -0.3 is 45.1 Å². The molecule has 1 aromatic carbocycles. The number of hydrogen-bond donors (Lipinski definition) is 4. The second-order valence-electron chi connectivity index (χ2n) is 13.5. The van der Waals surface area contributed by atoms with Gasteiger partial charge in [0.25, 0.3) is 11.7 Å². The van der Waals surface area contributed by atoms with Crippen LogP contribution in [0.4, 0.5) is 0 Å². The van der Waals surface area contributed by atoms with Gasteiger partial charge in [0.1, 0.15) is 17.6 Å². The molecule has 4 aliphatic rings. The van der Waals surface area contributed by atoms with E-state index in [0.29, 0.717) is 0 Å². The Morgan fingerprint density at radius 3 is 2.27 bits per heavy atom. The summed E-state index contributed by atoms with van der Waals surface area (Å²) < 4.78 is 23.2. The smallest absolute Gasteiger partial charge is 0.326 e. The summed E-state index contributed by atoms with van der Waals surface area (Å²) in [5.41, 5.74) is 8.84. The number of methoxy groups -OCH3 is 1. The molecule has 1 amide bonds. The van der Waals surface area contributed by atoms with Crippen molar-refractivity contribution in [2.24, 2.45) is 23.7 Å². The van der Waals surface area contributed by atoms with Crippen LogP contribution in [-0.2, 0) is 23.8 Å². The van der Waals surface area contributed by atoms with Crippen molar-refractivity contribution in [3.05, 3.63) is 75.7 Å². The van der Waals surface area contributed by atoms with Crippen molar-refractivity contribution in [2.75, 3.05) is 7.11 Å². The molecular weight excluding hydrogens is 662 g/mol. The fourth-order valence-corrected chi connectivity index (χ4v) is 6.71. The lowest BCUT2D eigenvalue weighted by Gasteiger charge is -2.38. The van der Waals surface area contributed by atoms with Crippen molar-refractivity contribution in [1.29, 1.82) is 0 Å². The lowest BCUT2D eigenvalue weighted by molar-refractivity contribution is -0.160. The van der Waals surface area contributed by atoms with Crippen LogP contribution in [-0.4, -0.2) is 86.6 Å². The van der Waals surface area contributed by atoms with Gasteiger partial charge >= 0.3 is 17.5 Å². The van der Waals surface area contributed by atoms with Crippen molar-refractivity contribution in [3.63, 3.8) is 0 Å². The molecule has 5 bridgehead atoms. The molecule has 0 spiro atoms. The molecular formula is C37H45N3O11. The van der Waals surface area contributed by atoms with E-state index in [-0.39, 0.29) is 45.0 Å². The molecule has 1 aromatic rings. The number of carbonyl (C=O) groups is 4. The van der Waals surface area contributed by atoms with Crippen LogP contribution in [0.1, 0.15) is 80.3 Å². The number of nitrogens with one attached hydrogen (secondary N) is 1. The lowest BCUT2D eigenvalue weighted by Crippen LogP contribution is -2.46. The maximum Gasteiger partial charge on any atom is 0.326 e. The molecule has 14 nitrogen and oxygen atoms in total. The number of ketones is 2. The van der Waals surface area contributed by atoms with E-state index in [4.69, 9.17) is 18.9 Å². The summed E-state index contributed by atoms with van der Waals surface area (Å²) >= 11 is 0. The predicted molar refractivity (Wildman–Crippen MR) is 183 cm³/mol. The number of carbonyl (C=O) groups excluding carboxylic acids is 4. The van der Waals surface area contributed by atoms with Crippen molar-refractivity contribution < 1.29 is 58.2 Å². The number of hydrogen-bond acceptors (Lipinski definition) is 11. The zero-order chi connectivity index (χ0) is 38.1. The summed E-state index contributed by atoms with van der Waals surface area (Å²) in [6.07, 6.45) is 4.56. The second kappa shape index (κ2) is 15.2. The number of benzene rings is 1.